The molecule has 1 aromatic carbocycles. The summed E-state index contributed by atoms with van der Waals surface area (Å²) < 4.78 is 13.3. The second kappa shape index (κ2) is 5.87. The van der Waals surface area contributed by atoms with Gasteiger partial charge < -0.3 is 10.4 Å². The minimum absolute atomic E-state index is 0.00769. The van der Waals surface area contributed by atoms with E-state index in [2.05, 4.69) is 5.32 Å². The Hall–Kier alpha value is -0.840. The average Bonchev–Trinajstić information content (AvgIpc) is 2.33. The highest BCUT2D eigenvalue weighted by Gasteiger charge is 2.25. The molecule has 18 heavy (non-hydrogen) atoms. The lowest BCUT2D eigenvalue weighted by Crippen LogP contribution is -2.48. The monoisotopic (exact) mass is 293 g/mol. The zero-order valence-corrected chi connectivity index (χ0v) is 11.6. The fraction of sp³-hybridized carbons (Fsp3) is 0.417. The van der Waals surface area contributed by atoms with Crippen LogP contribution >= 0.6 is 23.2 Å². The first-order chi connectivity index (χ1) is 8.33. The number of carbonyl (C=O) groups is 1. The predicted octanol–water partition coefficient (Wildman–Crippen LogP) is 3.02. The first-order valence-electron chi connectivity index (χ1n) is 5.41. The van der Waals surface area contributed by atoms with Gasteiger partial charge in [0, 0.05) is 0 Å². The molecule has 6 heteroatoms. The highest BCUT2D eigenvalue weighted by Crippen LogP contribution is 2.24. The Morgan fingerprint density at radius 1 is 1.44 bits per heavy atom. The number of aliphatic hydroxyl groups excluding tert-OH is 1. The maximum atomic E-state index is 13.3. The van der Waals surface area contributed by atoms with Crippen molar-refractivity contribution in [3.63, 3.8) is 0 Å². The molecule has 100 valence electrons. The Morgan fingerprint density at radius 3 is 2.56 bits per heavy atom. The minimum atomic E-state index is -0.767. The minimum Gasteiger partial charge on any atom is -0.394 e. The summed E-state index contributed by atoms with van der Waals surface area (Å²) in [5, 5.41) is 11.7. The number of hydrogen-bond donors (Lipinski definition) is 2. The summed E-state index contributed by atoms with van der Waals surface area (Å²) in [6, 6.07) is 2.16. The summed E-state index contributed by atoms with van der Waals surface area (Å²) in [5.74, 6) is -1.26. The Kier molecular flexibility index (Phi) is 4.96. The SMILES string of the molecule is CCC(C)(CO)NC(=O)c1cc(F)c(Cl)cc1Cl. The zero-order valence-electron chi connectivity index (χ0n) is 10.1. The highest BCUT2D eigenvalue weighted by molar-refractivity contribution is 6.36. The largest absolute Gasteiger partial charge is 0.394 e. The van der Waals surface area contributed by atoms with Gasteiger partial charge in [0.15, 0.2) is 0 Å². The summed E-state index contributed by atoms with van der Waals surface area (Å²) >= 11 is 11.4. The van der Waals surface area contributed by atoms with Gasteiger partial charge in [-0.1, -0.05) is 30.1 Å². The van der Waals surface area contributed by atoms with Crippen molar-refractivity contribution >= 4 is 29.1 Å². The van der Waals surface area contributed by atoms with Crippen LogP contribution < -0.4 is 5.32 Å². The molecule has 1 atom stereocenters. The van der Waals surface area contributed by atoms with E-state index >= 15 is 0 Å². The van der Waals surface area contributed by atoms with Crippen molar-refractivity contribution in [1.82, 2.24) is 5.32 Å². The van der Waals surface area contributed by atoms with E-state index < -0.39 is 17.3 Å². The molecular formula is C12H14Cl2FNO2. The lowest BCUT2D eigenvalue weighted by molar-refractivity contribution is 0.0847. The Balaban J connectivity index is 3.01. The summed E-state index contributed by atoms with van der Waals surface area (Å²) in [4.78, 5) is 11.9. The van der Waals surface area contributed by atoms with Crippen LogP contribution in [0.4, 0.5) is 4.39 Å². The third-order valence-corrected chi connectivity index (χ3v) is 3.40. The average molecular weight is 294 g/mol. The van der Waals surface area contributed by atoms with Gasteiger partial charge in [-0.15, -0.1) is 0 Å². The molecule has 0 saturated carbocycles. The number of carbonyl (C=O) groups excluding carboxylic acids is 1. The fourth-order valence-electron chi connectivity index (χ4n) is 1.28. The van der Waals surface area contributed by atoms with Gasteiger partial charge in [-0.25, -0.2) is 4.39 Å². The van der Waals surface area contributed by atoms with Crippen LogP contribution in [0.1, 0.15) is 30.6 Å². The van der Waals surface area contributed by atoms with Crippen LogP contribution in [0.3, 0.4) is 0 Å². The number of benzene rings is 1. The molecule has 0 heterocycles. The van der Waals surface area contributed by atoms with Gasteiger partial charge in [-0.3, -0.25) is 4.79 Å². The fourth-order valence-corrected chi connectivity index (χ4v) is 1.75. The van der Waals surface area contributed by atoms with Gasteiger partial charge >= 0.3 is 0 Å². The molecule has 0 fully saturated rings. The van der Waals surface area contributed by atoms with E-state index in [1.165, 1.54) is 6.07 Å². The van der Waals surface area contributed by atoms with Crippen LogP contribution in [0.5, 0.6) is 0 Å². The van der Waals surface area contributed by atoms with Gasteiger partial charge in [-0.2, -0.15) is 0 Å². The van der Waals surface area contributed by atoms with Crippen LogP contribution in [-0.4, -0.2) is 23.2 Å². The molecule has 1 unspecified atom stereocenters. The maximum absolute atomic E-state index is 13.3. The molecule has 1 amide bonds. The first kappa shape index (κ1) is 15.2. The van der Waals surface area contributed by atoms with Crippen molar-refractivity contribution in [2.24, 2.45) is 0 Å². The van der Waals surface area contributed by atoms with E-state index in [1.54, 1.807) is 6.92 Å². The lowest BCUT2D eigenvalue weighted by atomic mass is 9.99. The molecule has 3 nitrogen and oxygen atoms in total. The van der Waals surface area contributed by atoms with Gasteiger partial charge in [0.1, 0.15) is 5.82 Å². The van der Waals surface area contributed by atoms with Gasteiger partial charge in [0.2, 0.25) is 0 Å². The van der Waals surface area contributed by atoms with Crippen molar-refractivity contribution in [3.05, 3.63) is 33.6 Å². The summed E-state index contributed by atoms with van der Waals surface area (Å²) in [6.07, 6.45) is 0.531. The normalized spacial score (nSPS) is 14.1. The summed E-state index contributed by atoms with van der Waals surface area (Å²) in [7, 11) is 0. The van der Waals surface area contributed by atoms with Crippen molar-refractivity contribution < 1.29 is 14.3 Å². The van der Waals surface area contributed by atoms with E-state index in [-0.39, 0.29) is 22.2 Å². The molecule has 1 aromatic rings. The van der Waals surface area contributed by atoms with Gasteiger partial charge in [0.25, 0.3) is 5.91 Å². The molecule has 0 aliphatic heterocycles. The quantitative estimate of drug-likeness (QED) is 0.839. The second-order valence-corrected chi connectivity index (χ2v) is 5.09. The van der Waals surface area contributed by atoms with Crippen LogP contribution in [-0.2, 0) is 0 Å². The topological polar surface area (TPSA) is 49.3 Å². The van der Waals surface area contributed by atoms with Crippen molar-refractivity contribution in [2.75, 3.05) is 6.61 Å². The molecule has 0 aromatic heterocycles. The Bertz CT molecular complexity index is 462. The lowest BCUT2D eigenvalue weighted by Gasteiger charge is -2.27. The predicted molar refractivity (Wildman–Crippen MR) is 69.7 cm³/mol. The molecular weight excluding hydrogens is 280 g/mol. The zero-order chi connectivity index (χ0) is 13.9. The number of amides is 1. The van der Waals surface area contributed by atoms with E-state index in [0.717, 1.165) is 6.07 Å². The first-order valence-corrected chi connectivity index (χ1v) is 6.16. The molecule has 0 radical (unpaired) electrons. The number of halogens is 3. The van der Waals surface area contributed by atoms with E-state index in [4.69, 9.17) is 23.2 Å². The van der Waals surface area contributed by atoms with Crippen LogP contribution in [0.25, 0.3) is 0 Å². The smallest absolute Gasteiger partial charge is 0.253 e. The molecule has 0 aliphatic rings. The van der Waals surface area contributed by atoms with Crippen LogP contribution in [0, 0.1) is 5.82 Å². The van der Waals surface area contributed by atoms with Crippen molar-refractivity contribution in [2.45, 2.75) is 25.8 Å². The molecule has 1 rings (SSSR count). The Morgan fingerprint density at radius 2 is 2.06 bits per heavy atom. The van der Waals surface area contributed by atoms with Crippen LogP contribution in [0.15, 0.2) is 12.1 Å². The Labute approximate surface area is 115 Å². The second-order valence-electron chi connectivity index (χ2n) is 4.27. The number of rotatable bonds is 4. The highest BCUT2D eigenvalue weighted by atomic mass is 35.5. The maximum Gasteiger partial charge on any atom is 0.253 e. The van der Waals surface area contributed by atoms with E-state index in [1.807, 2.05) is 6.92 Å². The molecule has 2 N–H and O–H groups in total. The summed E-state index contributed by atoms with van der Waals surface area (Å²) in [5.41, 5.74) is -0.775. The third kappa shape index (κ3) is 3.34. The molecule has 0 bridgehead atoms. The number of nitrogens with one attached hydrogen (secondary N) is 1. The molecule has 0 spiro atoms. The third-order valence-electron chi connectivity index (χ3n) is 2.80. The van der Waals surface area contributed by atoms with Crippen molar-refractivity contribution in [1.29, 1.82) is 0 Å². The van der Waals surface area contributed by atoms with Gasteiger partial charge in [-0.05, 0) is 25.5 Å². The van der Waals surface area contributed by atoms with E-state index in [0.29, 0.717) is 6.42 Å². The van der Waals surface area contributed by atoms with Crippen LogP contribution in [0.2, 0.25) is 10.0 Å². The van der Waals surface area contributed by atoms with E-state index in [9.17, 15) is 14.3 Å². The number of hydrogen-bond acceptors (Lipinski definition) is 2. The molecule has 0 aliphatic carbocycles. The van der Waals surface area contributed by atoms with Crippen molar-refractivity contribution in [3.8, 4) is 0 Å². The van der Waals surface area contributed by atoms with Gasteiger partial charge in [0.05, 0.1) is 27.8 Å². The number of aliphatic hydroxyl groups is 1. The standard InChI is InChI=1S/C12H14Cl2FNO2/c1-3-12(2,6-17)16-11(18)7-4-10(15)9(14)5-8(7)13/h4-5,17H,3,6H2,1-2H3,(H,16,18). The summed E-state index contributed by atoms with van der Waals surface area (Å²) in [6.45, 7) is 3.29. The molecule has 0 saturated heterocycles.